The molecule has 0 unspecified atom stereocenters. The highest BCUT2D eigenvalue weighted by Crippen LogP contribution is 2.33. The quantitative estimate of drug-likeness (QED) is 0.674. The van der Waals surface area contributed by atoms with Crippen molar-refractivity contribution in [2.24, 2.45) is 5.92 Å². The number of aryl methyl sites for hydroxylation is 2. The van der Waals surface area contributed by atoms with Gasteiger partial charge in [0.25, 0.3) is 0 Å². The predicted octanol–water partition coefficient (Wildman–Crippen LogP) is 4.43. The largest absolute Gasteiger partial charge is 0.497 e. The second-order valence-electron chi connectivity index (χ2n) is 8.06. The molecule has 156 valence electrons. The maximum Gasteiger partial charge on any atom is 0.229 e. The van der Waals surface area contributed by atoms with Crippen molar-refractivity contribution in [3.05, 3.63) is 41.0 Å². The fraction of sp³-hybridized carbons (Fsp3) is 0.435. The number of carbonyl (C=O) groups excluding carboxylic acids is 1. The Morgan fingerprint density at radius 1 is 1.20 bits per heavy atom. The van der Waals surface area contributed by atoms with Crippen molar-refractivity contribution >= 4 is 39.0 Å². The summed E-state index contributed by atoms with van der Waals surface area (Å²) in [6, 6.07) is 8.03. The molecular weight excluding hydrogens is 396 g/mol. The molecule has 0 radical (unpaired) electrons. The summed E-state index contributed by atoms with van der Waals surface area (Å²) in [7, 11) is 1.68. The van der Waals surface area contributed by atoms with Gasteiger partial charge in [-0.05, 0) is 62.8 Å². The van der Waals surface area contributed by atoms with Gasteiger partial charge in [-0.2, -0.15) is 0 Å². The molecule has 5 rings (SSSR count). The van der Waals surface area contributed by atoms with E-state index in [0.717, 1.165) is 66.2 Å². The summed E-state index contributed by atoms with van der Waals surface area (Å²) in [5.74, 6) is 0.976. The number of nitrogens with one attached hydrogen (secondary N) is 1. The Labute approximate surface area is 180 Å². The molecular formula is C23H26N4O2S. The summed E-state index contributed by atoms with van der Waals surface area (Å²) >= 11 is 1.66. The number of benzene rings is 1. The monoisotopic (exact) mass is 422 g/mol. The zero-order valence-electron chi connectivity index (χ0n) is 17.2. The molecule has 1 aliphatic carbocycles. The number of methoxy groups -OCH3 is 1. The fourth-order valence-corrected chi connectivity index (χ4v) is 5.56. The Kier molecular flexibility index (Phi) is 5.29. The van der Waals surface area contributed by atoms with E-state index in [1.54, 1.807) is 18.4 Å². The molecule has 0 spiro atoms. The van der Waals surface area contributed by atoms with Gasteiger partial charge in [0.2, 0.25) is 5.91 Å². The van der Waals surface area contributed by atoms with Gasteiger partial charge >= 0.3 is 0 Å². The standard InChI is InChI=1S/C23H26N4O2S/c1-29-16-6-7-18-17(14-16)20(8-11-24-18)27-12-9-15(10-13-27)22(28)26-23-25-19-4-2-3-5-21(19)30-23/h6-8,11,14-15H,2-5,9-10,12-13H2,1H3,(H,25,26,28). The van der Waals surface area contributed by atoms with Crippen LogP contribution in [0.4, 0.5) is 10.8 Å². The smallest absolute Gasteiger partial charge is 0.229 e. The highest BCUT2D eigenvalue weighted by atomic mass is 32.1. The topological polar surface area (TPSA) is 67.3 Å². The van der Waals surface area contributed by atoms with E-state index in [-0.39, 0.29) is 11.8 Å². The van der Waals surface area contributed by atoms with Crippen molar-refractivity contribution in [1.82, 2.24) is 9.97 Å². The van der Waals surface area contributed by atoms with Crippen LogP contribution in [-0.2, 0) is 17.6 Å². The first-order chi connectivity index (χ1) is 14.7. The van der Waals surface area contributed by atoms with Crippen LogP contribution in [0.5, 0.6) is 5.75 Å². The average molecular weight is 423 g/mol. The highest BCUT2D eigenvalue weighted by Gasteiger charge is 2.27. The molecule has 30 heavy (non-hydrogen) atoms. The van der Waals surface area contributed by atoms with Gasteiger partial charge in [-0.1, -0.05) is 0 Å². The summed E-state index contributed by atoms with van der Waals surface area (Å²) in [5.41, 5.74) is 3.31. The number of nitrogens with zero attached hydrogens (tertiary/aromatic N) is 3. The van der Waals surface area contributed by atoms with Crippen LogP contribution in [0, 0.1) is 5.92 Å². The van der Waals surface area contributed by atoms with Gasteiger partial charge in [-0.3, -0.25) is 9.78 Å². The minimum atomic E-state index is 0.0322. The minimum absolute atomic E-state index is 0.0322. The number of fused-ring (bicyclic) bond motifs is 2. The number of amides is 1. The van der Waals surface area contributed by atoms with Crippen molar-refractivity contribution in [1.29, 1.82) is 0 Å². The molecule has 6 nitrogen and oxygen atoms in total. The van der Waals surface area contributed by atoms with Crippen LogP contribution in [0.3, 0.4) is 0 Å². The van der Waals surface area contributed by atoms with Crippen LogP contribution in [0.25, 0.3) is 10.9 Å². The zero-order valence-corrected chi connectivity index (χ0v) is 18.0. The van der Waals surface area contributed by atoms with E-state index in [4.69, 9.17) is 4.74 Å². The summed E-state index contributed by atoms with van der Waals surface area (Å²) in [5, 5.41) is 4.96. The van der Waals surface area contributed by atoms with Crippen LogP contribution in [0.15, 0.2) is 30.5 Å². The normalized spacial score (nSPS) is 17.0. The lowest BCUT2D eigenvalue weighted by atomic mass is 9.95. The molecule has 0 saturated carbocycles. The first-order valence-corrected chi connectivity index (χ1v) is 11.5. The van der Waals surface area contributed by atoms with Crippen molar-refractivity contribution in [2.45, 2.75) is 38.5 Å². The van der Waals surface area contributed by atoms with Crippen LogP contribution in [0.1, 0.15) is 36.3 Å². The van der Waals surface area contributed by atoms with Crippen LogP contribution >= 0.6 is 11.3 Å². The number of piperidine rings is 1. The summed E-state index contributed by atoms with van der Waals surface area (Å²) in [6.07, 6.45) is 8.12. The van der Waals surface area contributed by atoms with Crippen LogP contribution < -0.4 is 15.0 Å². The number of pyridine rings is 1. The molecule has 1 fully saturated rings. The van der Waals surface area contributed by atoms with E-state index in [9.17, 15) is 4.79 Å². The number of aromatic nitrogens is 2. The predicted molar refractivity (Wildman–Crippen MR) is 121 cm³/mol. The first kappa shape index (κ1) is 19.3. The Balaban J connectivity index is 1.26. The molecule has 2 aromatic heterocycles. The Bertz CT molecular complexity index is 1050. The van der Waals surface area contributed by atoms with Gasteiger partial charge in [0.05, 0.1) is 18.3 Å². The highest BCUT2D eigenvalue weighted by molar-refractivity contribution is 7.15. The number of rotatable bonds is 4. The van der Waals surface area contributed by atoms with Crippen molar-refractivity contribution < 1.29 is 9.53 Å². The molecule has 0 atom stereocenters. The lowest BCUT2D eigenvalue weighted by molar-refractivity contribution is -0.120. The second-order valence-corrected chi connectivity index (χ2v) is 9.14. The summed E-state index contributed by atoms with van der Waals surface area (Å²) in [4.78, 5) is 25.7. The molecule has 2 aliphatic rings. The number of anilines is 2. The molecule has 3 aromatic rings. The molecule has 1 aromatic carbocycles. The van der Waals surface area contributed by atoms with E-state index >= 15 is 0 Å². The third-order valence-electron chi connectivity index (χ3n) is 6.21. The SMILES string of the molecule is COc1ccc2nccc(N3CCC(C(=O)Nc4nc5c(s4)CCCC5)CC3)c2c1. The number of ether oxygens (including phenoxy) is 1. The molecule has 3 heterocycles. The first-order valence-electron chi connectivity index (χ1n) is 10.7. The van der Waals surface area contributed by atoms with E-state index < -0.39 is 0 Å². The maximum absolute atomic E-state index is 12.8. The molecule has 1 saturated heterocycles. The lowest BCUT2D eigenvalue weighted by Gasteiger charge is -2.33. The van der Waals surface area contributed by atoms with Crippen molar-refractivity contribution in [3.63, 3.8) is 0 Å². The van der Waals surface area contributed by atoms with Gasteiger partial charge in [-0.25, -0.2) is 4.98 Å². The molecule has 1 amide bonds. The van der Waals surface area contributed by atoms with Gasteiger partial charge in [0.1, 0.15) is 5.75 Å². The average Bonchev–Trinajstić information content (AvgIpc) is 3.20. The summed E-state index contributed by atoms with van der Waals surface area (Å²) < 4.78 is 5.40. The third kappa shape index (κ3) is 3.74. The van der Waals surface area contributed by atoms with E-state index in [0.29, 0.717) is 0 Å². The third-order valence-corrected chi connectivity index (χ3v) is 7.28. The Hall–Kier alpha value is -2.67. The van der Waals surface area contributed by atoms with E-state index in [1.807, 2.05) is 24.4 Å². The number of thiazole rings is 1. The number of carbonyl (C=O) groups is 1. The van der Waals surface area contributed by atoms with Gasteiger partial charge in [-0.15, -0.1) is 11.3 Å². The summed E-state index contributed by atoms with van der Waals surface area (Å²) in [6.45, 7) is 1.70. The minimum Gasteiger partial charge on any atom is -0.497 e. The fourth-order valence-electron chi connectivity index (χ4n) is 4.51. The molecule has 7 heteroatoms. The maximum atomic E-state index is 12.8. The Morgan fingerprint density at radius 2 is 2.03 bits per heavy atom. The molecule has 1 aliphatic heterocycles. The van der Waals surface area contributed by atoms with Crippen LogP contribution in [0.2, 0.25) is 0 Å². The zero-order chi connectivity index (χ0) is 20.5. The van der Waals surface area contributed by atoms with Crippen molar-refractivity contribution in [2.75, 3.05) is 30.4 Å². The van der Waals surface area contributed by atoms with Crippen molar-refractivity contribution in [3.8, 4) is 5.75 Å². The van der Waals surface area contributed by atoms with Gasteiger partial charge in [0.15, 0.2) is 5.13 Å². The molecule has 1 N–H and O–H groups in total. The van der Waals surface area contributed by atoms with Crippen LogP contribution in [-0.4, -0.2) is 36.1 Å². The number of hydrogen-bond donors (Lipinski definition) is 1. The van der Waals surface area contributed by atoms with Gasteiger partial charge in [0, 0.05) is 41.2 Å². The second kappa shape index (κ2) is 8.22. The lowest BCUT2D eigenvalue weighted by Crippen LogP contribution is -2.38. The van der Waals surface area contributed by atoms with E-state index in [1.165, 1.54) is 23.4 Å². The van der Waals surface area contributed by atoms with Gasteiger partial charge < -0.3 is 15.0 Å². The number of hydrogen-bond acceptors (Lipinski definition) is 6. The molecule has 0 bridgehead atoms. The Morgan fingerprint density at radius 3 is 2.83 bits per heavy atom. The van der Waals surface area contributed by atoms with E-state index in [2.05, 4.69) is 26.3 Å².